The van der Waals surface area contributed by atoms with E-state index in [-0.39, 0.29) is 24.1 Å². The number of nitrogens with zero attached hydrogens (tertiary/aromatic N) is 1. The molecule has 0 aliphatic heterocycles. The summed E-state index contributed by atoms with van der Waals surface area (Å²) in [6.07, 6.45) is 0. The molecule has 1 aromatic rings. The molecule has 0 fully saturated rings. The second-order valence-electron chi connectivity index (χ2n) is 2.56. The predicted octanol–water partition coefficient (Wildman–Crippen LogP) is 2.03. The molecule has 5 N–H and O–H groups in total. The first-order chi connectivity index (χ1) is 7.00. The van der Waals surface area contributed by atoms with Crippen LogP contribution in [-0.2, 0) is 0 Å². The Bertz CT molecular complexity index is 401. The Labute approximate surface area is 108 Å². The SMILES string of the molecule is Cl.NC(=O)NC(N)=Nc1c(Cl)cccc1Cl. The second kappa shape index (κ2) is 6.42. The number of nitrogens with two attached hydrogens (primary N) is 2. The lowest BCUT2D eigenvalue weighted by Crippen LogP contribution is -2.39. The molecule has 5 nitrogen and oxygen atoms in total. The first-order valence-electron chi connectivity index (χ1n) is 3.85. The van der Waals surface area contributed by atoms with Crippen LogP contribution in [0.15, 0.2) is 23.2 Å². The Hall–Kier alpha value is -1.17. The molecule has 0 spiro atoms. The van der Waals surface area contributed by atoms with Crippen molar-refractivity contribution in [3.05, 3.63) is 28.2 Å². The number of carbonyl (C=O) groups is 1. The molecule has 0 saturated carbocycles. The van der Waals surface area contributed by atoms with E-state index in [4.69, 9.17) is 34.7 Å². The zero-order chi connectivity index (χ0) is 11.4. The number of carbonyl (C=O) groups excluding carboxylic acids is 1. The summed E-state index contributed by atoms with van der Waals surface area (Å²) < 4.78 is 0. The fourth-order valence-electron chi connectivity index (χ4n) is 0.870. The lowest BCUT2D eigenvalue weighted by atomic mass is 10.3. The summed E-state index contributed by atoms with van der Waals surface area (Å²) in [5.74, 6) is -0.169. The molecule has 1 rings (SSSR count). The van der Waals surface area contributed by atoms with Gasteiger partial charge in [-0.3, -0.25) is 5.32 Å². The second-order valence-corrected chi connectivity index (χ2v) is 3.37. The molecular formula is C8H9Cl3N4O. The minimum Gasteiger partial charge on any atom is -0.369 e. The van der Waals surface area contributed by atoms with Crippen LogP contribution in [0.2, 0.25) is 10.0 Å². The van der Waals surface area contributed by atoms with Crippen LogP contribution in [0.1, 0.15) is 0 Å². The van der Waals surface area contributed by atoms with Crippen molar-refractivity contribution < 1.29 is 4.79 Å². The van der Waals surface area contributed by atoms with Gasteiger partial charge in [0, 0.05) is 0 Å². The summed E-state index contributed by atoms with van der Waals surface area (Å²) in [6, 6.07) is 4.06. The largest absolute Gasteiger partial charge is 0.369 e. The minimum atomic E-state index is -0.806. The average Bonchev–Trinajstić information content (AvgIpc) is 2.10. The van der Waals surface area contributed by atoms with Crippen LogP contribution in [0, 0.1) is 0 Å². The maximum atomic E-state index is 10.5. The highest BCUT2D eigenvalue weighted by molar-refractivity contribution is 6.38. The average molecular weight is 284 g/mol. The number of amides is 2. The Balaban J connectivity index is 0.00000225. The van der Waals surface area contributed by atoms with Crippen molar-refractivity contribution in [1.29, 1.82) is 0 Å². The number of guanidine groups is 1. The zero-order valence-corrected chi connectivity index (χ0v) is 10.2. The highest BCUT2D eigenvalue weighted by Crippen LogP contribution is 2.32. The van der Waals surface area contributed by atoms with Crippen molar-refractivity contribution in [2.24, 2.45) is 16.5 Å². The van der Waals surface area contributed by atoms with Crippen LogP contribution in [0.5, 0.6) is 0 Å². The van der Waals surface area contributed by atoms with Gasteiger partial charge in [-0.1, -0.05) is 29.3 Å². The molecule has 1 aromatic carbocycles. The van der Waals surface area contributed by atoms with Crippen LogP contribution < -0.4 is 16.8 Å². The summed E-state index contributed by atoms with van der Waals surface area (Å²) in [4.78, 5) is 14.3. The molecule has 0 radical (unpaired) electrons. The van der Waals surface area contributed by atoms with E-state index in [1.54, 1.807) is 18.2 Å². The van der Waals surface area contributed by atoms with Gasteiger partial charge in [-0.2, -0.15) is 0 Å². The normalized spacial score (nSPS) is 10.5. The third-order valence-electron chi connectivity index (χ3n) is 1.42. The van der Waals surface area contributed by atoms with Crippen molar-refractivity contribution in [3.8, 4) is 0 Å². The third-order valence-corrected chi connectivity index (χ3v) is 2.03. The van der Waals surface area contributed by atoms with Crippen molar-refractivity contribution in [3.63, 3.8) is 0 Å². The maximum Gasteiger partial charge on any atom is 0.318 e. The van der Waals surface area contributed by atoms with Gasteiger partial charge < -0.3 is 11.5 Å². The Morgan fingerprint density at radius 3 is 2.19 bits per heavy atom. The summed E-state index contributed by atoms with van der Waals surface area (Å²) in [5.41, 5.74) is 10.5. The Morgan fingerprint density at radius 2 is 1.75 bits per heavy atom. The van der Waals surface area contributed by atoms with E-state index < -0.39 is 6.03 Å². The van der Waals surface area contributed by atoms with Crippen molar-refractivity contribution >= 4 is 53.3 Å². The van der Waals surface area contributed by atoms with Crippen LogP contribution >= 0.6 is 35.6 Å². The molecule has 0 heterocycles. The van der Waals surface area contributed by atoms with Crippen molar-refractivity contribution in [2.75, 3.05) is 0 Å². The first kappa shape index (κ1) is 14.8. The van der Waals surface area contributed by atoms with Crippen molar-refractivity contribution in [1.82, 2.24) is 5.32 Å². The summed E-state index contributed by atoms with van der Waals surface area (Å²) in [7, 11) is 0. The predicted molar refractivity (Wildman–Crippen MR) is 67.7 cm³/mol. The van der Waals surface area contributed by atoms with Gasteiger partial charge >= 0.3 is 6.03 Å². The molecular weight excluding hydrogens is 274 g/mol. The quantitative estimate of drug-likeness (QED) is 0.543. The van der Waals surface area contributed by atoms with E-state index in [1.807, 2.05) is 0 Å². The lowest BCUT2D eigenvalue weighted by Gasteiger charge is -2.03. The van der Waals surface area contributed by atoms with Crippen LogP contribution in [-0.4, -0.2) is 12.0 Å². The monoisotopic (exact) mass is 282 g/mol. The number of benzene rings is 1. The zero-order valence-electron chi connectivity index (χ0n) is 7.91. The Morgan fingerprint density at radius 1 is 1.25 bits per heavy atom. The number of halogens is 3. The Kier molecular flexibility index (Phi) is 5.95. The van der Waals surface area contributed by atoms with Gasteiger partial charge in [-0.25, -0.2) is 9.79 Å². The minimum absolute atomic E-state index is 0. The van der Waals surface area contributed by atoms with E-state index in [2.05, 4.69) is 10.3 Å². The van der Waals surface area contributed by atoms with Gasteiger partial charge in [0.2, 0.25) is 5.96 Å². The molecule has 0 unspecified atom stereocenters. The molecule has 2 amide bonds. The van der Waals surface area contributed by atoms with E-state index >= 15 is 0 Å². The van der Waals surface area contributed by atoms with Crippen LogP contribution in [0.4, 0.5) is 10.5 Å². The number of para-hydroxylation sites is 1. The fraction of sp³-hybridized carbons (Fsp3) is 0. The molecule has 16 heavy (non-hydrogen) atoms. The van der Waals surface area contributed by atoms with E-state index in [0.717, 1.165) is 0 Å². The van der Waals surface area contributed by atoms with Crippen LogP contribution in [0.3, 0.4) is 0 Å². The highest BCUT2D eigenvalue weighted by Gasteiger charge is 2.05. The molecule has 0 aliphatic rings. The number of nitrogens with one attached hydrogen (secondary N) is 1. The molecule has 88 valence electrons. The molecule has 0 bridgehead atoms. The lowest BCUT2D eigenvalue weighted by molar-refractivity contribution is 0.253. The number of aliphatic imine (C=N–C) groups is 1. The molecule has 8 heteroatoms. The van der Waals surface area contributed by atoms with E-state index in [9.17, 15) is 4.79 Å². The molecule has 0 atom stereocenters. The number of rotatable bonds is 1. The summed E-state index contributed by atoms with van der Waals surface area (Å²) in [5, 5.41) is 2.76. The van der Waals surface area contributed by atoms with E-state index in [0.29, 0.717) is 10.0 Å². The number of urea groups is 1. The summed E-state index contributed by atoms with van der Waals surface area (Å²) in [6.45, 7) is 0. The number of hydrogen-bond donors (Lipinski definition) is 3. The number of primary amides is 1. The third kappa shape index (κ3) is 4.14. The van der Waals surface area contributed by atoms with Gasteiger partial charge in [-0.15, -0.1) is 12.4 Å². The van der Waals surface area contributed by atoms with Gasteiger partial charge in [0.1, 0.15) is 5.69 Å². The van der Waals surface area contributed by atoms with Crippen molar-refractivity contribution in [2.45, 2.75) is 0 Å². The van der Waals surface area contributed by atoms with Gasteiger partial charge in [-0.05, 0) is 12.1 Å². The maximum absolute atomic E-state index is 10.5. The standard InChI is InChI=1S/C8H8Cl2N4O.ClH/c9-4-2-1-3-5(10)6(4)13-7(11)14-8(12)15;/h1-3H,(H5,11,12,13,14,15);1H. The van der Waals surface area contributed by atoms with E-state index in [1.165, 1.54) is 0 Å². The van der Waals surface area contributed by atoms with Gasteiger partial charge in [0.25, 0.3) is 0 Å². The smallest absolute Gasteiger partial charge is 0.318 e. The molecule has 0 aromatic heterocycles. The highest BCUT2D eigenvalue weighted by atomic mass is 35.5. The molecule has 0 saturated heterocycles. The summed E-state index contributed by atoms with van der Waals surface area (Å²) >= 11 is 11.6. The first-order valence-corrected chi connectivity index (χ1v) is 4.61. The fourth-order valence-corrected chi connectivity index (χ4v) is 1.35. The topological polar surface area (TPSA) is 93.5 Å². The van der Waals surface area contributed by atoms with Gasteiger partial charge in [0.15, 0.2) is 0 Å². The van der Waals surface area contributed by atoms with Crippen LogP contribution in [0.25, 0.3) is 0 Å². The molecule has 0 aliphatic carbocycles. The van der Waals surface area contributed by atoms with Gasteiger partial charge in [0.05, 0.1) is 10.0 Å². The number of hydrogen-bond acceptors (Lipinski definition) is 2.